The molecule has 28 heavy (non-hydrogen) atoms. The van der Waals surface area contributed by atoms with Crippen molar-refractivity contribution in [2.75, 3.05) is 20.3 Å². The number of fused-ring (bicyclic) bond motifs is 1. The molecule has 0 aromatic carbocycles. The summed E-state index contributed by atoms with van der Waals surface area (Å²) >= 11 is 0. The molecule has 0 unspecified atom stereocenters. The molecular formula is C17H25NO10. The molecule has 11 nitrogen and oxygen atoms in total. The SMILES string of the molecule is CCOC(=O)[C@H]1[C@H]2[C@H](O[C@H](COC(C)=O)[C@@H](OC(C)=O)[C@@H]2OC(C)=O)ON1C. The predicted molar refractivity (Wildman–Crippen MR) is 89.2 cm³/mol. The molecule has 6 atom stereocenters. The van der Waals surface area contributed by atoms with E-state index in [-0.39, 0.29) is 13.2 Å². The summed E-state index contributed by atoms with van der Waals surface area (Å²) in [5.74, 6) is -3.29. The standard InChI is InChI=1S/C17H25NO10/c1-6-23-16(22)13-12-15(26-10(4)21)14(25-9(3)20)11(7-24-8(2)19)27-17(12)28-18(13)5/h11-15,17H,6-7H2,1-5H3/t11-,12-,13-,14-,15-,17-/m1/s1. The van der Waals surface area contributed by atoms with Crippen molar-refractivity contribution >= 4 is 23.9 Å². The summed E-state index contributed by atoms with van der Waals surface area (Å²) in [6, 6.07) is -0.956. The highest BCUT2D eigenvalue weighted by molar-refractivity contribution is 5.77. The molecule has 2 aliphatic rings. The van der Waals surface area contributed by atoms with Crippen LogP contribution >= 0.6 is 0 Å². The van der Waals surface area contributed by atoms with E-state index in [0.717, 1.165) is 0 Å². The van der Waals surface area contributed by atoms with Crippen LogP contribution in [0.3, 0.4) is 0 Å². The number of carbonyl (C=O) groups excluding carboxylic acids is 4. The van der Waals surface area contributed by atoms with Gasteiger partial charge in [-0.3, -0.25) is 24.0 Å². The molecule has 0 bridgehead atoms. The molecule has 11 heteroatoms. The number of rotatable bonds is 6. The molecule has 0 N–H and O–H groups in total. The Morgan fingerprint density at radius 1 is 0.929 bits per heavy atom. The quantitative estimate of drug-likeness (QED) is 0.423. The van der Waals surface area contributed by atoms with E-state index in [1.807, 2.05) is 0 Å². The second kappa shape index (κ2) is 9.30. The lowest BCUT2D eigenvalue weighted by Crippen LogP contribution is -2.60. The highest BCUT2D eigenvalue weighted by Crippen LogP contribution is 2.40. The van der Waals surface area contributed by atoms with Crippen molar-refractivity contribution in [3.05, 3.63) is 0 Å². The zero-order valence-electron chi connectivity index (χ0n) is 16.4. The zero-order chi connectivity index (χ0) is 21.0. The average Bonchev–Trinajstić information content (AvgIpc) is 2.90. The summed E-state index contributed by atoms with van der Waals surface area (Å²) in [4.78, 5) is 52.6. The van der Waals surface area contributed by atoms with Crippen molar-refractivity contribution in [1.82, 2.24) is 5.06 Å². The van der Waals surface area contributed by atoms with Crippen LogP contribution in [0.15, 0.2) is 0 Å². The van der Waals surface area contributed by atoms with Crippen LogP contribution in [0.1, 0.15) is 27.7 Å². The van der Waals surface area contributed by atoms with E-state index in [0.29, 0.717) is 0 Å². The van der Waals surface area contributed by atoms with Crippen molar-refractivity contribution < 1.29 is 47.7 Å². The first kappa shape index (κ1) is 22.1. The van der Waals surface area contributed by atoms with Gasteiger partial charge in [0, 0.05) is 27.8 Å². The van der Waals surface area contributed by atoms with Crippen LogP contribution in [0.25, 0.3) is 0 Å². The van der Waals surface area contributed by atoms with Crippen molar-refractivity contribution in [1.29, 1.82) is 0 Å². The number of hydroxylamine groups is 2. The Hall–Kier alpha value is -2.24. The van der Waals surface area contributed by atoms with Crippen LogP contribution in [-0.4, -0.2) is 79.8 Å². The molecule has 158 valence electrons. The molecular weight excluding hydrogens is 378 g/mol. The number of nitrogens with zero attached hydrogens (tertiary/aromatic N) is 1. The third kappa shape index (κ3) is 4.97. The maximum absolute atomic E-state index is 12.5. The monoisotopic (exact) mass is 403 g/mol. The van der Waals surface area contributed by atoms with Gasteiger partial charge in [0.15, 0.2) is 18.5 Å². The lowest BCUT2D eigenvalue weighted by Gasteiger charge is -2.42. The van der Waals surface area contributed by atoms with E-state index in [4.69, 9.17) is 28.5 Å². The Kier molecular flexibility index (Phi) is 7.33. The Morgan fingerprint density at radius 3 is 2.07 bits per heavy atom. The molecule has 0 aromatic rings. The second-order valence-corrected chi connectivity index (χ2v) is 6.42. The first-order chi connectivity index (χ1) is 13.1. The number of esters is 4. The van der Waals surface area contributed by atoms with Gasteiger partial charge >= 0.3 is 23.9 Å². The van der Waals surface area contributed by atoms with E-state index in [1.165, 1.54) is 32.9 Å². The maximum atomic E-state index is 12.5. The number of hydrogen-bond acceptors (Lipinski definition) is 11. The first-order valence-corrected chi connectivity index (χ1v) is 8.85. The topological polar surface area (TPSA) is 127 Å². The smallest absolute Gasteiger partial charge is 0.326 e. The molecule has 0 aromatic heterocycles. The van der Waals surface area contributed by atoms with Gasteiger partial charge in [0.1, 0.15) is 18.8 Å². The average molecular weight is 403 g/mol. The van der Waals surface area contributed by atoms with Gasteiger partial charge < -0.3 is 23.7 Å². The van der Waals surface area contributed by atoms with Crippen LogP contribution in [-0.2, 0) is 47.7 Å². The van der Waals surface area contributed by atoms with Crippen molar-refractivity contribution in [3.63, 3.8) is 0 Å². The number of carbonyl (C=O) groups is 4. The van der Waals surface area contributed by atoms with Gasteiger partial charge in [-0.25, -0.2) is 0 Å². The summed E-state index contributed by atoms with van der Waals surface area (Å²) in [5, 5.41) is 1.25. The summed E-state index contributed by atoms with van der Waals surface area (Å²) < 4.78 is 26.6. The highest BCUT2D eigenvalue weighted by atomic mass is 16.8. The Morgan fingerprint density at radius 2 is 1.54 bits per heavy atom. The van der Waals surface area contributed by atoms with E-state index in [9.17, 15) is 19.2 Å². The van der Waals surface area contributed by atoms with Gasteiger partial charge in [-0.1, -0.05) is 0 Å². The summed E-state index contributed by atoms with van der Waals surface area (Å²) in [7, 11) is 1.51. The minimum Gasteiger partial charge on any atom is -0.465 e. The molecule has 0 amide bonds. The fraction of sp³-hybridized carbons (Fsp3) is 0.765. The molecule has 2 saturated heterocycles. The molecule has 2 aliphatic heterocycles. The predicted octanol–water partition coefficient (Wildman–Crippen LogP) is -0.437. The zero-order valence-corrected chi connectivity index (χ0v) is 16.4. The normalized spacial score (nSPS) is 32.2. The third-order valence-corrected chi connectivity index (χ3v) is 4.30. The molecule has 2 heterocycles. The van der Waals surface area contributed by atoms with E-state index in [2.05, 4.69) is 0 Å². The third-order valence-electron chi connectivity index (χ3n) is 4.30. The van der Waals surface area contributed by atoms with Gasteiger partial charge in [-0.05, 0) is 6.92 Å². The molecule has 0 radical (unpaired) electrons. The number of ether oxygens (including phenoxy) is 5. The summed E-state index contributed by atoms with van der Waals surface area (Å²) in [5.41, 5.74) is 0. The summed E-state index contributed by atoms with van der Waals surface area (Å²) in [6.07, 6.45) is -4.17. The fourth-order valence-electron chi connectivity index (χ4n) is 3.36. The van der Waals surface area contributed by atoms with Crippen LogP contribution < -0.4 is 0 Å². The van der Waals surface area contributed by atoms with Crippen molar-refractivity contribution in [2.24, 2.45) is 5.92 Å². The van der Waals surface area contributed by atoms with Gasteiger partial charge in [0.2, 0.25) is 0 Å². The van der Waals surface area contributed by atoms with Crippen molar-refractivity contribution in [3.8, 4) is 0 Å². The van der Waals surface area contributed by atoms with Gasteiger partial charge in [0.05, 0.1) is 12.5 Å². The van der Waals surface area contributed by atoms with Gasteiger partial charge in [-0.2, -0.15) is 5.06 Å². The van der Waals surface area contributed by atoms with Crippen LogP contribution in [0.2, 0.25) is 0 Å². The maximum Gasteiger partial charge on any atom is 0.326 e. The Labute approximate surface area is 162 Å². The van der Waals surface area contributed by atoms with Crippen molar-refractivity contribution in [2.45, 2.75) is 58.3 Å². The molecule has 2 rings (SSSR count). The minimum atomic E-state index is -1.12. The summed E-state index contributed by atoms with van der Waals surface area (Å²) in [6.45, 7) is 5.12. The first-order valence-electron chi connectivity index (χ1n) is 8.85. The van der Waals surface area contributed by atoms with Gasteiger partial charge in [0.25, 0.3) is 0 Å². The molecule has 0 spiro atoms. The Bertz CT molecular complexity index is 623. The highest BCUT2D eigenvalue weighted by Gasteiger charge is 2.60. The van der Waals surface area contributed by atoms with E-state index >= 15 is 0 Å². The number of hydrogen-bond donors (Lipinski definition) is 0. The largest absolute Gasteiger partial charge is 0.465 e. The molecule has 2 fully saturated rings. The second-order valence-electron chi connectivity index (χ2n) is 6.42. The molecule has 0 saturated carbocycles. The van der Waals surface area contributed by atoms with Crippen LogP contribution in [0.4, 0.5) is 0 Å². The van der Waals surface area contributed by atoms with Crippen LogP contribution in [0.5, 0.6) is 0 Å². The van der Waals surface area contributed by atoms with E-state index in [1.54, 1.807) is 6.92 Å². The fourth-order valence-corrected chi connectivity index (χ4v) is 3.36. The lowest BCUT2D eigenvalue weighted by atomic mass is 9.85. The number of likely N-dealkylation sites (N-methyl/N-ethyl adjacent to an activating group) is 1. The van der Waals surface area contributed by atoms with Gasteiger partial charge in [-0.15, -0.1) is 0 Å². The lowest BCUT2D eigenvalue weighted by molar-refractivity contribution is -0.298. The van der Waals surface area contributed by atoms with E-state index < -0.39 is 60.4 Å². The molecule has 0 aliphatic carbocycles. The Balaban J connectivity index is 2.39. The van der Waals surface area contributed by atoms with Crippen LogP contribution in [0, 0.1) is 5.92 Å². The minimum absolute atomic E-state index is 0.141.